The fraction of sp³-hybridized carbons (Fsp3) is 0.348. The van der Waals surface area contributed by atoms with Crippen LogP contribution in [0.3, 0.4) is 0 Å². The van der Waals surface area contributed by atoms with Crippen LogP contribution in [0.25, 0.3) is 0 Å². The van der Waals surface area contributed by atoms with Crippen molar-refractivity contribution >= 4 is 18.3 Å². The number of aromatic nitrogens is 3. The topological polar surface area (TPSA) is 77.0 Å². The molecule has 6 nitrogen and oxygen atoms in total. The summed E-state index contributed by atoms with van der Waals surface area (Å²) in [6.07, 6.45) is 1.11. The van der Waals surface area contributed by atoms with Gasteiger partial charge in [0.2, 0.25) is 5.91 Å². The van der Waals surface area contributed by atoms with Gasteiger partial charge in [-0.15, -0.1) is 22.6 Å². The van der Waals surface area contributed by atoms with E-state index in [-0.39, 0.29) is 37.2 Å². The van der Waals surface area contributed by atoms with Gasteiger partial charge in [0, 0.05) is 19.0 Å². The molecule has 2 atom stereocenters. The Kier molecular flexibility index (Phi) is 7.58. The Morgan fingerprint density at radius 1 is 1.12 bits per heavy atom. The molecular weight excluding hydrogens is 436 g/mol. The first-order chi connectivity index (χ1) is 14.9. The van der Waals surface area contributed by atoms with Gasteiger partial charge in [0.25, 0.3) is 0 Å². The van der Waals surface area contributed by atoms with E-state index in [1.54, 1.807) is 0 Å². The summed E-state index contributed by atoms with van der Waals surface area (Å²) < 4.78 is 28.7. The van der Waals surface area contributed by atoms with Crippen molar-refractivity contribution in [2.75, 3.05) is 0 Å². The third-order valence-corrected chi connectivity index (χ3v) is 5.71. The molecular formula is C23H26ClF2N5O. The van der Waals surface area contributed by atoms with Crippen molar-refractivity contribution < 1.29 is 13.6 Å². The van der Waals surface area contributed by atoms with Crippen LogP contribution in [0, 0.1) is 18.6 Å². The zero-order chi connectivity index (χ0) is 22.0. The monoisotopic (exact) mass is 461 g/mol. The van der Waals surface area contributed by atoms with Gasteiger partial charge in [0.05, 0.1) is 12.6 Å². The SMILES string of the molecule is Cc1nnc2n1CC(Cc1ccccc1)N(C(=O)C[C@H](N)Cc1ccc(F)c(F)c1)C2.Cl. The Morgan fingerprint density at radius 2 is 1.88 bits per heavy atom. The van der Waals surface area contributed by atoms with Crippen LogP contribution in [0.15, 0.2) is 48.5 Å². The minimum atomic E-state index is -0.912. The molecule has 0 radical (unpaired) electrons. The predicted octanol–water partition coefficient (Wildman–Crippen LogP) is 3.20. The molecule has 0 spiro atoms. The fourth-order valence-electron chi connectivity index (χ4n) is 4.11. The largest absolute Gasteiger partial charge is 0.330 e. The van der Waals surface area contributed by atoms with Gasteiger partial charge in [-0.2, -0.15) is 0 Å². The minimum Gasteiger partial charge on any atom is -0.330 e. The van der Waals surface area contributed by atoms with E-state index in [9.17, 15) is 13.6 Å². The van der Waals surface area contributed by atoms with Crippen LogP contribution in [0.1, 0.15) is 29.2 Å². The summed E-state index contributed by atoms with van der Waals surface area (Å²) in [4.78, 5) is 15.0. The molecule has 3 aromatic rings. The molecule has 1 aliphatic heterocycles. The number of carbonyl (C=O) groups excluding carboxylic acids is 1. The van der Waals surface area contributed by atoms with Gasteiger partial charge in [-0.1, -0.05) is 36.4 Å². The molecule has 1 aromatic heterocycles. The number of nitrogens with two attached hydrogens (primary N) is 1. The van der Waals surface area contributed by atoms with Crippen LogP contribution in [0.4, 0.5) is 8.78 Å². The number of nitrogens with zero attached hydrogens (tertiary/aromatic N) is 4. The van der Waals surface area contributed by atoms with E-state index in [2.05, 4.69) is 14.8 Å². The maximum atomic E-state index is 13.5. The normalized spacial score (nSPS) is 16.2. The molecule has 2 heterocycles. The summed E-state index contributed by atoms with van der Waals surface area (Å²) >= 11 is 0. The maximum absolute atomic E-state index is 13.5. The molecule has 4 rings (SSSR count). The van der Waals surface area contributed by atoms with Gasteiger partial charge in [0.1, 0.15) is 5.82 Å². The van der Waals surface area contributed by atoms with E-state index in [0.717, 1.165) is 29.3 Å². The van der Waals surface area contributed by atoms with Gasteiger partial charge in [-0.3, -0.25) is 4.79 Å². The summed E-state index contributed by atoms with van der Waals surface area (Å²) in [5.74, 6) is -0.308. The molecule has 170 valence electrons. The Bertz CT molecular complexity index is 1080. The smallest absolute Gasteiger partial charge is 0.224 e. The van der Waals surface area contributed by atoms with Crippen molar-refractivity contribution in [2.45, 2.75) is 51.4 Å². The maximum Gasteiger partial charge on any atom is 0.224 e. The first kappa shape index (κ1) is 23.8. The lowest BCUT2D eigenvalue weighted by Gasteiger charge is -2.37. The number of amides is 1. The number of carbonyl (C=O) groups is 1. The van der Waals surface area contributed by atoms with Crippen LogP contribution in [0.2, 0.25) is 0 Å². The van der Waals surface area contributed by atoms with Crippen molar-refractivity contribution in [1.29, 1.82) is 0 Å². The first-order valence-corrected chi connectivity index (χ1v) is 10.3. The van der Waals surface area contributed by atoms with E-state index in [4.69, 9.17) is 5.73 Å². The van der Waals surface area contributed by atoms with Crippen molar-refractivity contribution in [2.24, 2.45) is 5.73 Å². The number of hydrogen-bond donors (Lipinski definition) is 1. The third kappa shape index (κ3) is 5.31. The molecule has 2 aromatic carbocycles. The average molecular weight is 462 g/mol. The highest BCUT2D eigenvalue weighted by Crippen LogP contribution is 2.22. The van der Waals surface area contributed by atoms with Crippen LogP contribution < -0.4 is 5.73 Å². The van der Waals surface area contributed by atoms with Gasteiger partial charge in [-0.05, 0) is 43.0 Å². The van der Waals surface area contributed by atoms with E-state index in [1.165, 1.54) is 6.07 Å². The number of halogens is 3. The molecule has 0 saturated carbocycles. The molecule has 0 fully saturated rings. The van der Waals surface area contributed by atoms with Crippen LogP contribution in [-0.4, -0.2) is 37.7 Å². The zero-order valence-electron chi connectivity index (χ0n) is 17.7. The van der Waals surface area contributed by atoms with Crippen LogP contribution in [-0.2, 0) is 30.7 Å². The molecule has 0 saturated heterocycles. The summed E-state index contributed by atoms with van der Waals surface area (Å²) in [5, 5.41) is 8.36. The van der Waals surface area contributed by atoms with Gasteiger partial charge in [0.15, 0.2) is 17.5 Å². The highest BCUT2D eigenvalue weighted by Gasteiger charge is 2.32. The molecule has 32 heavy (non-hydrogen) atoms. The molecule has 9 heteroatoms. The molecule has 2 N–H and O–H groups in total. The van der Waals surface area contributed by atoms with E-state index < -0.39 is 17.7 Å². The first-order valence-electron chi connectivity index (χ1n) is 10.3. The molecule has 1 unspecified atom stereocenters. The third-order valence-electron chi connectivity index (χ3n) is 5.71. The van der Waals surface area contributed by atoms with Crippen LogP contribution >= 0.6 is 12.4 Å². The standard InChI is InChI=1S/C23H25F2N5O.ClH/c1-15-27-28-22-14-30(19(13-29(15)22)10-16-5-3-2-4-6-16)23(31)12-18(26)9-17-7-8-20(24)21(25)11-17;/h2-8,11,18-19H,9-10,12-14,26H2,1H3;1H/t18-,19?;/m1./s1. The number of aryl methyl sites for hydroxylation is 1. The minimum absolute atomic E-state index is 0. The lowest BCUT2D eigenvalue weighted by molar-refractivity contribution is -0.136. The second kappa shape index (κ2) is 10.2. The lowest BCUT2D eigenvalue weighted by atomic mass is 10.00. The summed E-state index contributed by atoms with van der Waals surface area (Å²) in [5.41, 5.74) is 7.91. The quantitative estimate of drug-likeness (QED) is 0.611. The Labute approximate surface area is 191 Å². The summed E-state index contributed by atoms with van der Waals surface area (Å²) in [6.45, 7) is 2.90. The number of fused-ring (bicyclic) bond motifs is 1. The van der Waals surface area contributed by atoms with Crippen molar-refractivity contribution in [3.05, 3.63) is 82.9 Å². The summed E-state index contributed by atoms with van der Waals surface area (Å²) in [6, 6.07) is 13.2. The van der Waals surface area contributed by atoms with Crippen molar-refractivity contribution in [3.8, 4) is 0 Å². The van der Waals surface area contributed by atoms with E-state index >= 15 is 0 Å². The van der Waals surface area contributed by atoms with Gasteiger partial charge in [-0.25, -0.2) is 8.78 Å². The Hall–Kier alpha value is -2.84. The van der Waals surface area contributed by atoms with Crippen molar-refractivity contribution in [3.63, 3.8) is 0 Å². The highest BCUT2D eigenvalue weighted by atomic mass is 35.5. The predicted molar refractivity (Wildman–Crippen MR) is 119 cm³/mol. The second-order valence-corrected chi connectivity index (χ2v) is 8.06. The molecule has 1 aliphatic rings. The van der Waals surface area contributed by atoms with E-state index in [1.807, 2.05) is 42.2 Å². The van der Waals surface area contributed by atoms with Gasteiger partial charge < -0.3 is 15.2 Å². The Morgan fingerprint density at radius 3 is 2.59 bits per heavy atom. The zero-order valence-corrected chi connectivity index (χ0v) is 18.6. The van der Waals surface area contributed by atoms with Crippen molar-refractivity contribution in [1.82, 2.24) is 19.7 Å². The molecule has 1 amide bonds. The number of benzene rings is 2. The molecule has 0 bridgehead atoms. The average Bonchev–Trinajstić information content (AvgIpc) is 3.11. The van der Waals surface area contributed by atoms with Crippen LogP contribution in [0.5, 0.6) is 0 Å². The lowest BCUT2D eigenvalue weighted by Crippen LogP contribution is -2.49. The second-order valence-electron chi connectivity index (χ2n) is 8.06. The molecule has 0 aliphatic carbocycles. The summed E-state index contributed by atoms with van der Waals surface area (Å²) in [7, 11) is 0. The number of rotatable bonds is 6. The fourth-order valence-corrected chi connectivity index (χ4v) is 4.11. The number of hydrogen-bond acceptors (Lipinski definition) is 4. The van der Waals surface area contributed by atoms with E-state index in [0.29, 0.717) is 25.1 Å². The van der Waals surface area contributed by atoms with Gasteiger partial charge >= 0.3 is 0 Å². The highest BCUT2D eigenvalue weighted by molar-refractivity contribution is 5.85. The Balaban J connectivity index is 0.00000289.